The van der Waals surface area contributed by atoms with Crippen LogP contribution >= 0.6 is 22.9 Å². The topological polar surface area (TPSA) is 53.5 Å². The predicted octanol–water partition coefficient (Wildman–Crippen LogP) is 5.34. The van der Waals surface area contributed by atoms with E-state index in [1.165, 1.54) is 5.56 Å². The molecule has 0 N–H and O–H groups in total. The van der Waals surface area contributed by atoms with Crippen molar-refractivity contribution in [3.8, 4) is 0 Å². The number of piperidine rings is 1. The van der Waals surface area contributed by atoms with Crippen LogP contribution in [0.25, 0.3) is 0 Å². The van der Waals surface area contributed by atoms with Gasteiger partial charge in [-0.1, -0.05) is 48.0 Å². The maximum absolute atomic E-state index is 13.2. The van der Waals surface area contributed by atoms with Crippen molar-refractivity contribution in [1.82, 2.24) is 9.88 Å². The second-order valence-electron chi connectivity index (χ2n) is 8.68. The van der Waals surface area contributed by atoms with Crippen molar-refractivity contribution < 1.29 is 9.59 Å². The van der Waals surface area contributed by atoms with Crippen LogP contribution in [-0.2, 0) is 17.6 Å². The Labute approximate surface area is 203 Å². The van der Waals surface area contributed by atoms with E-state index in [9.17, 15) is 9.59 Å². The summed E-state index contributed by atoms with van der Waals surface area (Å²) in [6.07, 6.45) is 4.04. The van der Waals surface area contributed by atoms with Gasteiger partial charge in [-0.3, -0.25) is 9.59 Å². The molecule has 7 heteroatoms. The minimum atomic E-state index is -0.0167. The summed E-state index contributed by atoms with van der Waals surface area (Å²) in [5.74, 6) is 0.381. The fourth-order valence-electron chi connectivity index (χ4n) is 4.75. The summed E-state index contributed by atoms with van der Waals surface area (Å²) in [7, 11) is 0. The maximum atomic E-state index is 13.2. The van der Waals surface area contributed by atoms with E-state index >= 15 is 0 Å². The van der Waals surface area contributed by atoms with Gasteiger partial charge in [0.1, 0.15) is 5.69 Å². The molecule has 0 atom stereocenters. The van der Waals surface area contributed by atoms with Crippen LogP contribution in [0.5, 0.6) is 0 Å². The summed E-state index contributed by atoms with van der Waals surface area (Å²) in [5, 5.41) is 3.53. The molecule has 0 aliphatic carbocycles. The number of nitrogens with zero attached hydrogens (tertiary/aromatic N) is 3. The Kier molecular flexibility index (Phi) is 6.47. The number of carbonyl (C=O) groups is 2. The average molecular weight is 480 g/mol. The molecule has 1 fully saturated rings. The highest BCUT2D eigenvalue weighted by Crippen LogP contribution is 2.33. The highest BCUT2D eigenvalue weighted by Gasteiger charge is 2.29. The van der Waals surface area contributed by atoms with Gasteiger partial charge in [0.2, 0.25) is 5.91 Å². The van der Waals surface area contributed by atoms with E-state index in [1.807, 2.05) is 57.6 Å². The molecule has 5 rings (SSSR count). The molecular weight excluding hydrogens is 454 g/mol. The van der Waals surface area contributed by atoms with Crippen LogP contribution in [0.15, 0.2) is 53.9 Å². The average Bonchev–Trinajstić information content (AvgIpc) is 3.35. The molecule has 0 saturated carbocycles. The summed E-state index contributed by atoms with van der Waals surface area (Å²) < 4.78 is 0. The second-order valence-corrected chi connectivity index (χ2v) is 9.98. The lowest BCUT2D eigenvalue weighted by Gasteiger charge is -2.31. The minimum absolute atomic E-state index is 0.0167. The van der Waals surface area contributed by atoms with Crippen LogP contribution in [0.1, 0.15) is 51.8 Å². The molecule has 33 heavy (non-hydrogen) atoms. The summed E-state index contributed by atoms with van der Waals surface area (Å²) in [4.78, 5) is 34.5. The maximum Gasteiger partial charge on any atom is 0.277 e. The molecule has 0 bridgehead atoms. The van der Waals surface area contributed by atoms with E-state index in [1.54, 1.807) is 11.3 Å². The number of likely N-dealkylation sites (tertiary alicyclic amines) is 1. The number of halogens is 1. The van der Waals surface area contributed by atoms with Crippen molar-refractivity contribution in [2.75, 3.05) is 24.5 Å². The predicted molar refractivity (Wildman–Crippen MR) is 132 cm³/mol. The molecule has 0 spiro atoms. The lowest BCUT2D eigenvalue weighted by molar-refractivity contribution is -0.131. The Morgan fingerprint density at radius 1 is 1.03 bits per heavy atom. The lowest BCUT2D eigenvalue weighted by atomic mass is 9.97. The third-order valence-corrected chi connectivity index (χ3v) is 7.97. The first-order valence-corrected chi connectivity index (χ1v) is 12.7. The number of hydrogen-bond acceptors (Lipinski definition) is 4. The molecular formula is C26H26ClN3O2S. The monoisotopic (exact) mass is 479 g/mol. The number of anilines is 1. The molecule has 2 amide bonds. The van der Waals surface area contributed by atoms with Gasteiger partial charge in [-0.05, 0) is 48.9 Å². The van der Waals surface area contributed by atoms with Gasteiger partial charge in [0, 0.05) is 41.6 Å². The molecule has 5 nitrogen and oxygen atoms in total. The van der Waals surface area contributed by atoms with Crippen molar-refractivity contribution >= 4 is 40.4 Å². The summed E-state index contributed by atoms with van der Waals surface area (Å²) in [5.41, 5.74) is 3.63. The standard InChI is InChI=1S/C26H26ClN3O2S/c27-21-9-3-1-7-20(21)16-24(31)29-14-11-19(12-15-29)25-28-22(17-33-25)26(32)30-13-5-8-18-6-2-4-10-23(18)30/h1-4,6-7,9-10,17,19H,5,8,11-16H2. The van der Waals surface area contributed by atoms with E-state index in [2.05, 4.69) is 6.07 Å². The van der Waals surface area contributed by atoms with Gasteiger partial charge < -0.3 is 9.80 Å². The summed E-state index contributed by atoms with van der Waals surface area (Å²) >= 11 is 7.78. The fourth-order valence-corrected chi connectivity index (χ4v) is 5.92. The van der Waals surface area contributed by atoms with E-state index < -0.39 is 0 Å². The number of aryl methyl sites for hydroxylation is 1. The molecule has 1 aromatic heterocycles. The third-order valence-electron chi connectivity index (χ3n) is 6.59. The highest BCUT2D eigenvalue weighted by atomic mass is 35.5. The molecule has 2 aliphatic rings. The number of thiazole rings is 1. The van der Waals surface area contributed by atoms with Crippen molar-refractivity contribution in [2.24, 2.45) is 0 Å². The molecule has 2 aromatic carbocycles. The minimum Gasteiger partial charge on any atom is -0.342 e. The number of fused-ring (bicyclic) bond motifs is 1. The Morgan fingerprint density at radius 3 is 2.61 bits per heavy atom. The van der Waals surface area contributed by atoms with Crippen LogP contribution in [0, 0.1) is 0 Å². The quantitative estimate of drug-likeness (QED) is 0.507. The van der Waals surface area contributed by atoms with Gasteiger partial charge in [-0.15, -0.1) is 11.3 Å². The molecule has 0 unspecified atom stereocenters. The van der Waals surface area contributed by atoms with Gasteiger partial charge in [-0.2, -0.15) is 0 Å². The molecule has 3 heterocycles. The Balaban J connectivity index is 1.21. The number of benzene rings is 2. The first kappa shape index (κ1) is 22.1. The highest BCUT2D eigenvalue weighted by molar-refractivity contribution is 7.10. The van der Waals surface area contributed by atoms with E-state index in [0.29, 0.717) is 30.2 Å². The van der Waals surface area contributed by atoms with E-state index in [4.69, 9.17) is 16.6 Å². The zero-order valence-corrected chi connectivity index (χ0v) is 19.9. The Morgan fingerprint density at radius 2 is 1.79 bits per heavy atom. The normalized spacial score (nSPS) is 16.5. The van der Waals surface area contributed by atoms with Crippen LogP contribution in [0.3, 0.4) is 0 Å². The van der Waals surface area contributed by atoms with Crippen LogP contribution < -0.4 is 4.90 Å². The Hall–Kier alpha value is -2.70. The molecule has 170 valence electrons. The number of carbonyl (C=O) groups excluding carboxylic acids is 2. The van der Waals surface area contributed by atoms with E-state index in [-0.39, 0.29) is 17.7 Å². The SMILES string of the molecule is O=C(Cc1ccccc1Cl)N1CCC(c2nc(C(=O)N3CCCc4ccccc43)cs2)CC1. The number of amides is 2. The number of aromatic nitrogens is 1. The Bertz CT molecular complexity index is 1170. The van der Waals surface area contributed by atoms with Gasteiger partial charge >= 0.3 is 0 Å². The van der Waals surface area contributed by atoms with Crippen LogP contribution in [-0.4, -0.2) is 41.3 Å². The van der Waals surface area contributed by atoms with Gasteiger partial charge in [-0.25, -0.2) is 4.98 Å². The van der Waals surface area contributed by atoms with E-state index in [0.717, 1.165) is 48.5 Å². The second kappa shape index (κ2) is 9.65. The van der Waals surface area contributed by atoms with Crippen molar-refractivity contribution in [2.45, 2.75) is 38.0 Å². The lowest BCUT2D eigenvalue weighted by Crippen LogP contribution is -2.39. The zero-order valence-electron chi connectivity index (χ0n) is 18.4. The van der Waals surface area contributed by atoms with Crippen molar-refractivity contribution in [1.29, 1.82) is 0 Å². The van der Waals surface area contributed by atoms with Crippen LogP contribution in [0.4, 0.5) is 5.69 Å². The van der Waals surface area contributed by atoms with Crippen molar-refractivity contribution in [3.63, 3.8) is 0 Å². The first-order valence-electron chi connectivity index (χ1n) is 11.5. The molecule has 1 saturated heterocycles. The number of rotatable bonds is 4. The van der Waals surface area contributed by atoms with Gasteiger partial charge in [0.15, 0.2) is 0 Å². The zero-order chi connectivity index (χ0) is 22.8. The number of para-hydroxylation sites is 1. The molecule has 0 radical (unpaired) electrons. The first-order chi connectivity index (χ1) is 16.1. The smallest absolute Gasteiger partial charge is 0.277 e. The largest absolute Gasteiger partial charge is 0.342 e. The third kappa shape index (κ3) is 4.68. The number of hydrogen-bond donors (Lipinski definition) is 0. The van der Waals surface area contributed by atoms with Crippen molar-refractivity contribution in [3.05, 3.63) is 80.8 Å². The summed E-state index contributed by atoms with van der Waals surface area (Å²) in [6, 6.07) is 15.6. The molecule has 3 aromatic rings. The van der Waals surface area contributed by atoms with Gasteiger partial charge in [0.05, 0.1) is 11.4 Å². The van der Waals surface area contributed by atoms with Crippen LogP contribution in [0.2, 0.25) is 5.02 Å². The molecule has 2 aliphatic heterocycles. The summed E-state index contributed by atoms with van der Waals surface area (Å²) in [6.45, 7) is 2.14. The van der Waals surface area contributed by atoms with Gasteiger partial charge in [0.25, 0.3) is 5.91 Å². The fraction of sp³-hybridized carbons (Fsp3) is 0.346.